The van der Waals surface area contributed by atoms with E-state index >= 15 is 0 Å². The molecular formula is C18H24ClN3O2. The summed E-state index contributed by atoms with van der Waals surface area (Å²) < 4.78 is 5.14. The van der Waals surface area contributed by atoms with Crippen molar-refractivity contribution < 1.29 is 9.53 Å². The summed E-state index contributed by atoms with van der Waals surface area (Å²) in [5, 5.41) is 2.82. The molecular weight excluding hydrogens is 326 g/mol. The van der Waals surface area contributed by atoms with Gasteiger partial charge in [-0.15, -0.1) is 12.4 Å². The van der Waals surface area contributed by atoms with Crippen LogP contribution in [0.5, 0.6) is 5.75 Å². The van der Waals surface area contributed by atoms with E-state index < -0.39 is 0 Å². The molecule has 6 heteroatoms. The van der Waals surface area contributed by atoms with Crippen LogP contribution in [-0.2, 0) is 11.2 Å². The molecule has 2 aromatic rings. The average molecular weight is 350 g/mol. The standard InChI is InChI=1S/C18H23N3O2.ClH/c1-23-16-10-7-14(8-11-16)5-3-2-4-6-18(22)21-15-9-12-17(19)20-13-15;/h7-13H,2-6H2,1H3,(H2,19,20)(H,21,22);1H. The van der Waals surface area contributed by atoms with Crippen LogP contribution in [0.2, 0.25) is 0 Å². The number of hydrogen-bond donors (Lipinski definition) is 2. The summed E-state index contributed by atoms with van der Waals surface area (Å²) in [6, 6.07) is 11.5. The van der Waals surface area contributed by atoms with E-state index in [-0.39, 0.29) is 18.3 Å². The minimum absolute atomic E-state index is 0. The minimum atomic E-state index is 0. The number of carbonyl (C=O) groups is 1. The molecule has 0 aliphatic rings. The van der Waals surface area contributed by atoms with Gasteiger partial charge in [-0.05, 0) is 49.1 Å². The number of nitrogens with zero attached hydrogens (tertiary/aromatic N) is 1. The van der Waals surface area contributed by atoms with Crippen molar-refractivity contribution in [3.8, 4) is 5.75 Å². The van der Waals surface area contributed by atoms with Crippen molar-refractivity contribution in [2.24, 2.45) is 0 Å². The van der Waals surface area contributed by atoms with E-state index in [1.807, 2.05) is 12.1 Å². The molecule has 1 heterocycles. The summed E-state index contributed by atoms with van der Waals surface area (Å²) in [6.07, 6.45) is 6.09. The normalized spacial score (nSPS) is 9.88. The third-order valence-electron chi connectivity index (χ3n) is 3.60. The molecule has 0 atom stereocenters. The van der Waals surface area contributed by atoms with E-state index in [1.165, 1.54) is 5.56 Å². The predicted molar refractivity (Wildman–Crippen MR) is 99.7 cm³/mol. The molecule has 0 spiro atoms. The summed E-state index contributed by atoms with van der Waals surface area (Å²) in [7, 11) is 1.67. The molecule has 5 nitrogen and oxygen atoms in total. The monoisotopic (exact) mass is 349 g/mol. The van der Waals surface area contributed by atoms with E-state index in [0.717, 1.165) is 31.4 Å². The highest BCUT2D eigenvalue weighted by Crippen LogP contribution is 2.14. The maximum Gasteiger partial charge on any atom is 0.224 e. The van der Waals surface area contributed by atoms with Crippen molar-refractivity contribution in [1.29, 1.82) is 0 Å². The van der Waals surface area contributed by atoms with Crippen LogP contribution < -0.4 is 15.8 Å². The Labute approximate surface area is 149 Å². The van der Waals surface area contributed by atoms with Crippen LogP contribution in [0.1, 0.15) is 31.2 Å². The molecule has 0 aliphatic carbocycles. The van der Waals surface area contributed by atoms with Crippen molar-refractivity contribution in [1.82, 2.24) is 4.98 Å². The molecule has 130 valence electrons. The Hall–Kier alpha value is -2.27. The SMILES string of the molecule is COc1ccc(CCCCCC(=O)Nc2ccc(N)nc2)cc1.Cl. The minimum Gasteiger partial charge on any atom is -0.497 e. The highest BCUT2D eigenvalue weighted by atomic mass is 35.5. The van der Waals surface area contributed by atoms with Crippen LogP contribution in [0.4, 0.5) is 11.5 Å². The second-order valence-electron chi connectivity index (χ2n) is 5.43. The molecule has 2 rings (SSSR count). The van der Waals surface area contributed by atoms with E-state index in [2.05, 4.69) is 22.4 Å². The van der Waals surface area contributed by atoms with E-state index in [9.17, 15) is 4.79 Å². The summed E-state index contributed by atoms with van der Waals surface area (Å²) >= 11 is 0. The van der Waals surface area contributed by atoms with Crippen LogP contribution in [-0.4, -0.2) is 18.0 Å². The first-order valence-electron chi connectivity index (χ1n) is 7.81. The Kier molecular flexibility index (Phi) is 8.65. The topological polar surface area (TPSA) is 77.2 Å². The number of anilines is 2. The quantitative estimate of drug-likeness (QED) is 0.710. The van der Waals surface area contributed by atoms with Crippen LogP contribution in [0.25, 0.3) is 0 Å². The van der Waals surface area contributed by atoms with Gasteiger partial charge in [0.25, 0.3) is 0 Å². The lowest BCUT2D eigenvalue weighted by atomic mass is 10.1. The van der Waals surface area contributed by atoms with Gasteiger partial charge in [0, 0.05) is 6.42 Å². The molecule has 1 aromatic heterocycles. The Morgan fingerprint density at radius 1 is 1.12 bits per heavy atom. The number of nitrogens with two attached hydrogens (primary N) is 1. The molecule has 0 saturated carbocycles. The zero-order valence-corrected chi connectivity index (χ0v) is 14.6. The number of nitrogen functional groups attached to an aromatic ring is 1. The van der Waals surface area contributed by atoms with Crippen LogP contribution >= 0.6 is 12.4 Å². The highest BCUT2D eigenvalue weighted by molar-refractivity contribution is 5.90. The molecule has 1 aromatic carbocycles. The second-order valence-corrected chi connectivity index (χ2v) is 5.43. The number of aryl methyl sites for hydroxylation is 1. The van der Waals surface area contributed by atoms with Gasteiger partial charge in [0.05, 0.1) is 19.0 Å². The number of ether oxygens (including phenoxy) is 1. The summed E-state index contributed by atoms with van der Waals surface area (Å²) in [4.78, 5) is 15.8. The van der Waals surface area contributed by atoms with Crippen molar-refractivity contribution in [2.45, 2.75) is 32.1 Å². The number of benzene rings is 1. The number of methoxy groups -OCH3 is 1. The van der Waals surface area contributed by atoms with E-state index in [0.29, 0.717) is 17.9 Å². The fourth-order valence-corrected chi connectivity index (χ4v) is 2.29. The lowest BCUT2D eigenvalue weighted by molar-refractivity contribution is -0.116. The van der Waals surface area contributed by atoms with E-state index in [4.69, 9.17) is 10.5 Å². The number of halogens is 1. The first-order valence-corrected chi connectivity index (χ1v) is 7.81. The Balaban J connectivity index is 0.00000288. The predicted octanol–water partition coefficient (Wildman–Crippen LogP) is 3.84. The van der Waals surface area contributed by atoms with Gasteiger partial charge in [-0.2, -0.15) is 0 Å². The number of hydrogen-bond acceptors (Lipinski definition) is 4. The Bertz CT molecular complexity index is 615. The molecule has 0 bridgehead atoms. The molecule has 1 amide bonds. The van der Waals surface area contributed by atoms with Crippen molar-refractivity contribution in [3.05, 3.63) is 48.2 Å². The van der Waals surface area contributed by atoms with Crippen LogP contribution in [0.3, 0.4) is 0 Å². The number of carbonyl (C=O) groups excluding carboxylic acids is 1. The summed E-state index contributed by atoms with van der Waals surface area (Å²) in [5.41, 5.74) is 7.48. The van der Waals surface area contributed by atoms with Crippen molar-refractivity contribution >= 4 is 29.8 Å². The maximum absolute atomic E-state index is 11.8. The van der Waals surface area contributed by atoms with E-state index in [1.54, 1.807) is 25.4 Å². The molecule has 3 N–H and O–H groups in total. The number of nitrogens with one attached hydrogen (secondary N) is 1. The molecule has 0 radical (unpaired) electrons. The highest BCUT2D eigenvalue weighted by Gasteiger charge is 2.03. The summed E-state index contributed by atoms with van der Waals surface area (Å²) in [5.74, 6) is 1.34. The lowest BCUT2D eigenvalue weighted by Crippen LogP contribution is -2.11. The molecule has 0 aliphatic heterocycles. The van der Waals surface area contributed by atoms with Gasteiger partial charge in [-0.25, -0.2) is 4.98 Å². The fourth-order valence-electron chi connectivity index (χ4n) is 2.29. The lowest BCUT2D eigenvalue weighted by Gasteiger charge is -2.06. The smallest absolute Gasteiger partial charge is 0.224 e. The number of pyridine rings is 1. The molecule has 24 heavy (non-hydrogen) atoms. The van der Waals surface area contributed by atoms with Gasteiger partial charge in [0.1, 0.15) is 11.6 Å². The zero-order chi connectivity index (χ0) is 16.5. The fraction of sp³-hybridized carbons (Fsp3) is 0.333. The molecule has 0 unspecified atom stereocenters. The zero-order valence-electron chi connectivity index (χ0n) is 13.8. The Morgan fingerprint density at radius 3 is 2.50 bits per heavy atom. The van der Waals surface area contributed by atoms with Crippen molar-refractivity contribution in [2.75, 3.05) is 18.2 Å². The average Bonchev–Trinajstić information content (AvgIpc) is 2.57. The van der Waals surface area contributed by atoms with Crippen molar-refractivity contribution in [3.63, 3.8) is 0 Å². The third-order valence-corrected chi connectivity index (χ3v) is 3.60. The number of amides is 1. The third kappa shape index (κ3) is 6.87. The first kappa shape index (κ1) is 19.8. The second kappa shape index (κ2) is 10.5. The van der Waals surface area contributed by atoms with Gasteiger partial charge < -0.3 is 15.8 Å². The Morgan fingerprint density at radius 2 is 1.88 bits per heavy atom. The van der Waals surface area contributed by atoms with Crippen LogP contribution in [0, 0.1) is 0 Å². The van der Waals surface area contributed by atoms with Gasteiger partial charge in [-0.1, -0.05) is 18.6 Å². The first-order chi connectivity index (χ1) is 11.2. The number of aromatic nitrogens is 1. The molecule has 0 fully saturated rings. The number of rotatable bonds is 8. The maximum atomic E-state index is 11.8. The molecule has 0 saturated heterocycles. The van der Waals surface area contributed by atoms with Gasteiger partial charge in [-0.3, -0.25) is 4.79 Å². The van der Waals surface area contributed by atoms with Gasteiger partial charge in [0.2, 0.25) is 5.91 Å². The summed E-state index contributed by atoms with van der Waals surface area (Å²) in [6.45, 7) is 0. The van der Waals surface area contributed by atoms with Gasteiger partial charge in [0.15, 0.2) is 0 Å². The van der Waals surface area contributed by atoms with Gasteiger partial charge >= 0.3 is 0 Å². The largest absolute Gasteiger partial charge is 0.497 e. The van der Waals surface area contributed by atoms with Crippen LogP contribution in [0.15, 0.2) is 42.6 Å². The number of unbranched alkanes of at least 4 members (excludes halogenated alkanes) is 2.